The number of rotatable bonds is 5. The molecule has 0 aliphatic rings. The maximum absolute atomic E-state index is 14.0. The van der Waals surface area contributed by atoms with Crippen molar-refractivity contribution in [3.63, 3.8) is 0 Å². The molecule has 2 amide bonds. The Morgan fingerprint density at radius 2 is 1.89 bits per heavy atom. The fourth-order valence-corrected chi connectivity index (χ4v) is 2.62. The van der Waals surface area contributed by atoms with Gasteiger partial charge in [-0.1, -0.05) is 12.1 Å². The lowest BCUT2D eigenvalue weighted by molar-refractivity contribution is 0.0963. The molecule has 28 heavy (non-hydrogen) atoms. The number of nitrogens with zero attached hydrogens (tertiary/aromatic N) is 1. The Labute approximate surface area is 160 Å². The van der Waals surface area contributed by atoms with Gasteiger partial charge in [-0.15, -0.1) is 0 Å². The number of amides is 2. The first-order valence-corrected chi connectivity index (χ1v) is 8.38. The molecule has 2 aromatic carbocycles. The van der Waals surface area contributed by atoms with Crippen molar-refractivity contribution in [2.75, 3.05) is 19.5 Å². The number of aromatic nitrogens is 1. The molecule has 0 saturated carbocycles. The summed E-state index contributed by atoms with van der Waals surface area (Å²) in [6.45, 7) is 1.56. The number of hydrogen-bond donors (Lipinski definition) is 2. The van der Waals surface area contributed by atoms with E-state index in [9.17, 15) is 14.0 Å². The van der Waals surface area contributed by atoms with Crippen LogP contribution in [0.3, 0.4) is 0 Å². The lowest BCUT2D eigenvalue weighted by atomic mass is 10.1. The molecule has 3 rings (SSSR count). The molecule has 0 atom stereocenters. The third kappa shape index (κ3) is 3.71. The molecular weight excluding hydrogens is 365 g/mol. The summed E-state index contributed by atoms with van der Waals surface area (Å²) in [7, 11) is 2.96. The summed E-state index contributed by atoms with van der Waals surface area (Å²) >= 11 is 0. The SMILES string of the molecule is CNC(=O)c1cc(OC)ccc1NC(=O)c1nc(-c2ccccc2F)oc1C. The predicted octanol–water partition coefficient (Wildman–Crippen LogP) is 3.41. The molecule has 0 aliphatic heterocycles. The number of hydrogen-bond acceptors (Lipinski definition) is 5. The number of methoxy groups -OCH3 is 1. The maximum atomic E-state index is 14.0. The van der Waals surface area contributed by atoms with E-state index in [1.807, 2.05) is 0 Å². The van der Waals surface area contributed by atoms with Crippen molar-refractivity contribution in [1.82, 2.24) is 10.3 Å². The van der Waals surface area contributed by atoms with Crippen LogP contribution in [0, 0.1) is 12.7 Å². The van der Waals surface area contributed by atoms with E-state index < -0.39 is 17.6 Å². The first-order chi connectivity index (χ1) is 13.4. The molecule has 0 bridgehead atoms. The standard InChI is InChI=1S/C20H18FN3O4/c1-11-17(24-20(28-11)13-6-4-5-7-15(13)21)19(26)23-16-9-8-12(27-3)10-14(16)18(25)22-2/h4-10H,1-3H3,(H,22,25)(H,23,26). The van der Waals surface area contributed by atoms with Crippen LogP contribution in [-0.4, -0.2) is 31.0 Å². The van der Waals surface area contributed by atoms with Gasteiger partial charge in [-0.05, 0) is 37.3 Å². The van der Waals surface area contributed by atoms with Crippen molar-refractivity contribution < 1.29 is 23.1 Å². The molecule has 8 heteroatoms. The molecule has 0 saturated heterocycles. The number of benzene rings is 2. The maximum Gasteiger partial charge on any atom is 0.277 e. The van der Waals surface area contributed by atoms with Crippen molar-refractivity contribution in [2.45, 2.75) is 6.92 Å². The highest BCUT2D eigenvalue weighted by atomic mass is 19.1. The first kappa shape index (κ1) is 19.1. The van der Waals surface area contributed by atoms with Crippen LogP contribution in [0.5, 0.6) is 5.75 Å². The summed E-state index contributed by atoms with van der Waals surface area (Å²) in [5, 5.41) is 5.15. The summed E-state index contributed by atoms with van der Waals surface area (Å²) in [5.74, 6) is -0.783. The number of carbonyl (C=O) groups excluding carboxylic acids is 2. The van der Waals surface area contributed by atoms with Gasteiger partial charge in [-0.3, -0.25) is 9.59 Å². The van der Waals surface area contributed by atoms with Gasteiger partial charge in [0, 0.05) is 7.05 Å². The Morgan fingerprint density at radius 3 is 2.57 bits per heavy atom. The van der Waals surface area contributed by atoms with E-state index in [2.05, 4.69) is 15.6 Å². The zero-order chi connectivity index (χ0) is 20.3. The van der Waals surface area contributed by atoms with Gasteiger partial charge in [-0.2, -0.15) is 0 Å². The lowest BCUT2D eigenvalue weighted by Gasteiger charge is -2.11. The molecule has 1 heterocycles. The Morgan fingerprint density at radius 1 is 1.14 bits per heavy atom. The first-order valence-electron chi connectivity index (χ1n) is 8.38. The Bertz CT molecular complexity index is 1050. The van der Waals surface area contributed by atoms with Gasteiger partial charge in [0.25, 0.3) is 11.8 Å². The minimum Gasteiger partial charge on any atom is -0.497 e. The van der Waals surface area contributed by atoms with Gasteiger partial charge < -0.3 is 19.8 Å². The molecule has 0 radical (unpaired) electrons. The van der Waals surface area contributed by atoms with Crippen molar-refractivity contribution >= 4 is 17.5 Å². The van der Waals surface area contributed by atoms with Gasteiger partial charge in [0.2, 0.25) is 5.89 Å². The van der Waals surface area contributed by atoms with Crippen LogP contribution < -0.4 is 15.4 Å². The summed E-state index contributed by atoms with van der Waals surface area (Å²) in [5.41, 5.74) is 0.655. The quantitative estimate of drug-likeness (QED) is 0.704. The van der Waals surface area contributed by atoms with Gasteiger partial charge >= 0.3 is 0 Å². The molecule has 3 aromatic rings. The summed E-state index contributed by atoms with van der Waals surface area (Å²) in [4.78, 5) is 28.9. The van der Waals surface area contributed by atoms with Crippen molar-refractivity contribution in [3.05, 3.63) is 65.3 Å². The molecule has 2 N–H and O–H groups in total. The molecular formula is C20H18FN3O4. The highest BCUT2D eigenvalue weighted by Crippen LogP contribution is 2.26. The smallest absolute Gasteiger partial charge is 0.277 e. The van der Waals surface area contributed by atoms with Gasteiger partial charge in [0.15, 0.2) is 5.69 Å². The number of nitrogens with one attached hydrogen (secondary N) is 2. The van der Waals surface area contributed by atoms with Crippen LogP contribution in [0.2, 0.25) is 0 Å². The fourth-order valence-electron chi connectivity index (χ4n) is 2.62. The van der Waals surface area contributed by atoms with Crippen molar-refractivity contribution in [2.24, 2.45) is 0 Å². The predicted molar refractivity (Wildman–Crippen MR) is 101 cm³/mol. The highest BCUT2D eigenvalue weighted by molar-refractivity contribution is 6.08. The molecule has 7 nitrogen and oxygen atoms in total. The van der Waals surface area contributed by atoms with Gasteiger partial charge in [0.05, 0.1) is 23.9 Å². The number of halogens is 1. The van der Waals surface area contributed by atoms with Crippen LogP contribution in [-0.2, 0) is 0 Å². The van der Waals surface area contributed by atoms with E-state index >= 15 is 0 Å². The van der Waals surface area contributed by atoms with Crippen LogP contribution >= 0.6 is 0 Å². The molecule has 1 aromatic heterocycles. The molecule has 0 aliphatic carbocycles. The highest BCUT2D eigenvalue weighted by Gasteiger charge is 2.21. The van der Waals surface area contributed by atoms with Crippen molar-refractivity contribution in [1.29, 1.82) is 0 Å². The lowest BCUT2D eigenvalue weighted by Crippen LogP contribution is -2.22. The Kier molecular flexibility index (Phi) is 5.39. The minimum absolute atomic E-state index is 0.00186. The summed E-state index contributed by atoms with van der Waals surface area (Å²) in [6, 6.07) is 10.7. The molecule has 0 fully saturated rings. The zero-order valence-corrected chi connectivity index (χ0v) is 15.5. The van der Waals surface area contributed by atoms with Gasteiger partial charge in [0.1, 0.15) is 17.3 Å². The second-order valence-electron chi connectivity index (χ2n) is 5.85. The van der Waals surface area contributed by atoms with E-state index in [-0.39, 0.29) is 34.2 Å². The van der Waals surface area contributed by atoms with E-state index in [0.717, 1.165) is 0 Å². The average molecular weight is 383 g/mol. The third-order valence-electron chi connectivity index (χ3n) is 4.06. The number of carbonyl (C=O) groups is 2. The van der Waals surface area contributed by atoms with Gasteiger partial charge in [-0.25, -0.2) is 9.37 Å². The molecule has 0 unspecified atom stereocenters. The second kappa shape index (κ2) is 7.91. The second-order valence-corrected chi connectivity index (χ2v) is 5.85. The zero-order valence-electron chi connectivity index (χ0n) is 15.5. The van der Waals surface area contributed by atoms with Crippen LogP contribution in [0.25, 0.3) is 11.5 Å². The normalized spacial score (nSPS) is 10.4. The number of anilines is 1. The van der Waals surface area contributed by atoms with Crippen LogP contribution in [0.4, 0.5) is 10.1 Å². The largest absolute Gasteiger partial charge is 0.497 e. The fraction of sp³-hybridized carbons (Fsp3) is 0.150. The Balaban J connectivity index is 1.92. The van der Waals surface area contributed by atoms with E-state index in [1.165, 1.54) is 32.4 Å². The monoisotopic (exact) mass is 383 g/mol. The van der Waals surface area contributed by atoms with E-state index in [0.29, 0.717) is 5.75 Å². The minimum atomic E-state index is -0.584. The summed E-state index contributed by atoms with van der Waals surface area (Å²) in [6.07, 6.45) is 0. The summed E-state index contributed by atoms with van der Waals surface area (Å²) < 4.78 is 24.5. The number of oxazole rings is 1. The Hall–Kier alpha value is -3.68. The molecule has 0 spiro atoms. The number of ether oxygens (including phenoxy) is 1. The topological polar surface area (TPSA) is 93.5 Å². The van der Waals surface area contributed by atoms with Crippen molar-refractivity contribution in [3.8, 4) is 17.2 Å². The average Bonchev–Trinajstić information content (AvgIpc) is 3.09. The molecule has 144 valence electrons. The van der Waals surface area contributed by atoms with E-state index in [4.69, 9.17) is 9.15 Å². The third-order valence-corrected chi connectivity index (χ3v) is 4.06. The van der Waals surface area contributed by atoms with Crippen LogP contribution in [0.1, 0.15) is 26.6 Å². The number of aryl methyl sites for hydroxylation is 1. The van der Waals surface area contributed by atoms with Crippen LogP contribution in [0.15, 0.2) is 46.9 Å². The van der Waals surface area contributed by atoms with E-state index in [1.54, 1.807) is 31.2 Å².